The molecule has 1 aliphatic heterocycles. The third-order valence-electron chi connectivity index (χ3n) is 3.45. The lowest BCUT2D eigenvalue weighted by atomic mass is 10.2. The van der Waals surface area contributed by atoms with E-state index in [1.54, 1.807) is 23.1 Å². The van der Waals surface area contributed by atoms with Crippen molar-refractivity contribution in [3.8, 4) is 0 Å². The van der Waals surface area contributed by atoms with Crippen molar-refractivity contribution in [1.82, 2.24) is 15.1 Å². The number of ether oxygens (including phenoxy) is 1. The van der Waals surface area contributed by atoms with Gasteiger partial charge in [-0.15, -0.1) is 10.2 Å². The van der Waals surface area contributed by atoms with Crippen LogP contribution in [0.1, 0.15) is 5.56 Å². The van der Waals surface area contributed by atoms with E-state index in [9.17, 15) is 0 Å². The maximum Gasteiger partial charge on any atom is 0.210 e. The largest absolute Gasteiger partial charge is 0.379 e. The summed E-state index contributed by atoms with van der Waals surface area (Å²) in [4.78, 5) is 2.43. The van der Waals surface area contributed by atoms with Gasteiger partial charge in [-0.25, -0.2) is 0 Å². The summed E-state index contributed by atoms with van der Waals surface area (Å²) in [5.74, 6) is 1.04. The molecule has 0 amide bonds. The molecule has 7 heteroatoms. The van der Waals surface area contributed by atoms with Crippen LogP contribution in [0.4, 0.5) is 10.8 Å². The molecule has 2 aromatic rings. The molecule has 1 fully saturated rings. The quantitative estimate of drug-likeness (QED) is 0.819. The highest BCUT2D eigenvalue weighted by atomic mass is 32.2. The fourth-order valence-corrected chi connectivity index (χ4v) is 4.01. The van der Waals surface area contributed by atoms with E-state index in [0.717, 1.165) is 53.8 Å². The van der Waals surface area contributed by atoms with E-state index >= 15 is 0 Å². The summed E-state index contributed by atoms with van der Waals surface area (Å²) >= 11 is 3.38. The molecule has 1 aliphatic rings. The topological polar surface area (TPSA) is 50.3 Å². The van der Waals surface area contributed by atoms with E-state index in [1.165, 1.54) is 5.56 Å². The number of rotatable bonds is 6. The van der Waals surface area contributed by atoms with Gasteiger partial charge in [0.15, 0.2) is 4.34 Å². The van der Waals surface area contributed by atoms with E-state index in [-0.39, 0.29) is 0 Å². The second-order valence-corrected chi connectivity index (χ2v) is 7.49. The molecular formula is C15H20N4OS2. The van der Waals surface area contributed by atoms with Gasteiger partial charge in [-0.05, 0) is 19.1 Å². The Morgan fingerprint density at radius 1 is 1.23 bits per heavy atom. The number of aromatic nitrogens is 2. The summed E-state index contributed by atoms with van der Waals surface area (Å²) in [7, 11) is 0. The van der Waals surface area contributed by atoms with Crippen LogP contribution in [0.15, 0.2) is 28.6 Å². The molecule has 0 bridgehead atoms. The Morgan fingerprint density at radius 2 is 2.00 bits per heavy atom. The van der Waals surface area contributed by atoms with E-state index in [4.69, 9.17) is 4.74 Å². The normalized spacial score (nSPS) is 15.9. The zero-order valence-corrected chi connectivity index (χ0v) is 14.3. The maximum absolute atomic E-state index is 5.35. The van der Waals surface area contributed by atoms with Gasteiger partial charge in [0, 0.05) is 31.1 Å². The van der Waals surface area contributed by atoms with Crippen molar-refractivity contribution < 1.29 is 4.74 Å². The second-order valence-electron chi connectivity index (χ2n) is 5.17. The van der Waals surface area contributed by atoms with Gasteiger partial charge in [0.25, 0.3) is 0 Å². The molecule has 0 radical (unpaired) electrons. The number of benzene rings is 1. The number of anilines is 2. The lowest BCUT2D eigenvalue weighted by Gasteiger charge is -2.25. The molecule has 5 nitrogen and oxygen atoms in total. The van der Waals surface area contributed by atoms with E-state index < -0.39 is 0 Å². The van der Waals surface area contributed by atoms with Crippen LogP contribution in [0.5, 0.6) is 0 Å². The predicted molar refractivity (Wildman–Crippen MR) is 92.4 cm³/mol. The molecule has 0 unspecified atom stereocenters. The molecular weight excluding hydrogens is 316 g/mol. The van der Waals surface area contributed by atoms with Gasteiger partial charge < -0.3 is 10.1 Å². The number of morpholine rings is 1. The number of nitrogens with one attached hydrogen (secondary N) is 1. The van der Waals surface area contributed by atoms with Gasteiger partial charge in [0.2, 0.25) is 5.13 Å². The molecule has 0 spiro atoms. The first-order valence-electron chi connectivity index (χ1n) is 7.40. The van der Waals surface area contributed by atoms with Crippen LogP contribution in [0, 0.1) is 6.92 Å². The lowest BCUT2D eigenvalue weighted by molar-refractivity contribution is 0.0410. The van der Waals surface area contributed by atoms with Gasteiger partial charge in [-0.2, -0.15) is 0 Å². The van der Waals surface area contributed by atoms with Crippen LogP contribution in [-0.4, -0.2) is 53.7 Å². The average molecular weight is 336 g/mol. The number of thioether (sulfide) groups is 1. The molecule has 0 aliphatic carbocycles. The van der Waals surface area contributed by atoms with Gasteiger partial charge in [0.1, 0.15) is 0 Å². The van der Waals surface area contributed by atoms with E-state index in [1.807, 2.05) is 0 Å². The highest BCUT2D eigenvalue weighted by Gasteiger charge is 2.11. The minimum atomic E-state index is 0.845. The smallest absolute Gasteiger partial charge is 0.210 e. The fourth-order valence-electron chi connectivity index (χ4n) is 2.17. The maximum atomic E-state index is 5.35. The zero-order valence-electron chi connectivity index (χ0n) is 12.6. The Labute approximate surface area is 139 Å². The van der Waals surface area contributed by atoms with Crippen LogP contribution in [-0.2, 0) is 4.74 Å². The molecule has 1 saturated heterocycles. The first kappa shape index (κ1) is 15.7. The summed E-state index contributed by atoms with van der Waals surface area (Å²) < 4.78 is 6.37. The Bertz CT molecular complexity index is 581. The molecule has 1 N–H and O–H groups in total. The van der Waals surface area contributed by atoms with Crippen LogP contribution in [0.3, 0.4) is 0 Å². The fraction of sp³-hybridized carbons (Fsp3) is 0.467. The SMILES string of the molecule is Cc1ccc(Nc2nnc(SCCN3CCOCC3)s2)cc1. The minimum absolute atomic E-state index is 0.845. The van der Waals surface area contributed by atoms with Crippen LogP contribution < -0.4 is 5.32 Å². The Morgan fingerprint density at radius 3 is 2.77 bits per heavy atom. The molecule has 2 heterocycles. The number of hydrogen-bond donors (Lipinski definition) is 1. The Balaban J connectivity index is 1.45. The standard InChI is InChI=1S/C15H20N4OS2/c1-12-2-4-13(5-3-12)16-14-17-18-15(22-14)21-11-8-19-6-9-20-10-7-19/h2-5H,6-11H2,1H3,(H,16,17). The zero-order chi connectivity index (χ0) is 15.2. The van der Waals surface area contributed by atoms with Gasteiger partial charge in [-0.1, -0.05) is 40.8 Å². The third kappa shape index (κ3) is 4.67. The molecule has 3 rings (SSSR count). The second kappa shape index (κ2) is 7.92. The van der Waals surface area contributed by atoms with Crippen molar-refractivity contribution in [2.75, 3.05) is 43.9 Å². The van der Waals surface area contributed by atoms with E-state index in [2.05, 4.69) is 51.6 Å². The van der Waals surface area contributed by atoms with Crippen molar-refractivity contribution in [2.24, 2.45) is 0 Å². The molecule has 0 saturated carbocycles. The molecule has 118 valence electrons. The van der Waals surface area contributed by atoms with Crippen LogP contribution in [0.2, 0.25) is 0 Å². The number of hydrogen-bond acceptors (Lipinski definition) is 7. The number of nitrogens with zero attached hydrogens (tertiary/aromatic N) is 3. The van der Waals surface area contributed by atoms with Crippen molar-refractivity contribution in [1.29, 1.82) is 0 Å². The van der Waals surface area contributed by atoms with E-state index in [0.29, 0.717) is 0 Å². The van der Waals surface area contributed by atoms with Crippen LogP contribution >= 0.6 is 23.1 Å². The van der Waals surface area contributed by atoms with Crippen molar-refractivity contribution in [2.45, 2.75) is 11.3 Å². The number of aryl methyl sites for hydroxylation is 1. The summed E-state index contributed by atoms with van der Waals surface area (Å²) in [6, 6.07) is 8.28. The van der Waals surface area contributed by atoms with Crippen molar-refractivity contribution in [3.63, 3.8) is 0 Å². The van der Waals surface area contributed by atoms with Gasteiger partial charge >= 0.3 is 0 Å². The highest BCUT2D eigenvalue weighted by Crippen LogP contribution is 2.27. The first-order chi connectivity index (χ1) is 10.8. The van der Waals surface area contributed by atoms with Crippen molar-refractivity contribution in [3.05, 3.63) is 29.8 Å². The summed E-state index contributed by atoms with van der Waals surface area (Å²) in [5, 5.41) is 12.6. The van der Waals surface area contributed by atoms with Crippen molar-refractivity contribution >= 4 is 33.9 Å². The Hall–Kier alpha value is -1.15. The third-order valence-corrected chi connectivity index (χ3v) is 5.40. The molecule has 0 atom stereocenters. The average Bonchev–Trinajstić information content (AvgIpc) is 2.98. The summed E-state index contributed by atoms with van der Waals surface area (Å²) in [6.07, 6.45) is 0. The summed E-state index contributed by atoms with van der Waals surface area (Å²) in [5.41, 5.74) is 2.30. The molecule has 1 aromatic heterocycles. The first-order valence-corrected chi connectivity index (χ1v) is 9.20. The van der Waals surface area contributed by atoms with Gasteiger partial charge in [-0.3, -0.25) is 4.90 Å². The predicted octanol–water partition coefficient (Wildman–Crippen LogP) is 3.01. The highest BCUT2D eigenvalue weighted by molar-refractivity contribution is 8.01. The lowest BCUT2D eigenvalue weighted by Crippen LogP contribution is -2.37. The Kier molecular flexibility index (Phi) is 5.66. The molecule has 1 aromatic carbocycles. The molecule has 22 heavy (non-hydrogen) atoms. The minimum Gasteiger partial charge on any atom is -0.379 e. The van der Waals surface area contributed by atoms with Crippen LogP contribution in [0.25, 0.3) is 0 Å². The van der Waals surface area contributed by atoms with Gasteiger partial charge in [0.05, 0.1) is 13.2 Å². The summed E-state index contributed by atoms with van der Waals surface area (Å²) in [6.45, 7) is 6.95. The monoisotopic (exact) mass is 336 g/mol.